The number of piperidine rings is 1. The van der Waals surface area contributed by atoms with Crippen LogP contribution in [0.1, 0.15) is 78.7 Å². The van der Waals surface area contributed by atoms with Crippen LogP contribution in [0.15, 0.2) is 30.3 Å². The molecule has 1 aromatic carbocycles. The molecule has 2 rings (SSSR count). The minimum Gasteiger partial charge on any atom is -0.414 e. The van der Waals surface area contributed by atoms with Gasteiger partial charge in [-0.25, -0.2) is 0 Å². The predicted octanol–water partition coefficient (Wildman–Crippen LogP) is 6.88. The van der Waals surface area contributed by atoms with Crippen LogP contribution in [0.25, 0.3) is 0 Å². The molecule has 1 aliphatic rings. The molecule has 4 unspecified atom stereocenters. The molecule has 1 aromatic rings. The number of hydrogen-bond acceptors (Lipinski definition) is 8. The first-order valence-electron chi connectivity index (χ1n) is 17.0. The summed E-state index contributed by atoms with van der Waals surface area (Å²) in [4.78, 5) is 6.95. The average molecular weight is 656 g/mol. The average Bonchev–Trinajstić information content (AvgIpc) is 2.97. The molecule has 1 fully saturated rings. The van der Waals surface area contributed by atoms with Crippen molar-refractivity contribution >= 4 is 16.6 Å². The van der Waals surface area contributed by atoms with Crippen LogP contribution in [0.3, 0.4) is 0 Å². The van der Waals surface area contributed by atoms with E-state index in [1.54, 1.807) is 0 Å². The van der Waals surface area contributed by atoms with E-state index in [0.717, 1.165) is 56.3 Å². The van der Waals surface area contributed by atoms with Gasteiger partial charge in [0.15, 0.2) is 16.6 Å². The van der Waals surface area contributed by atoms with Crippen LogP contribution in [-0.2, 0) is 28.8 Å². The van der Waals surface area contributed by atoms with Gasteiger partial charge in [-0.2, -0.15) is 5.06 Å². The van der Waals surface area contributed by atoms with Crippen LogP contribution in [0.2, 0.25) is 38.3 Å². The highest BCUT2D eigenvalue weighted by Crippen LogP contribution is 2.37. The number of rotatable bonds is 22. The summed E-state index contributed by atoms with van der Waals surface area (Å²) in [5.41, 5.74) is 0.284. The lowest BCUT2D eigenvalue weighted by Gasteiger charge is -2.49. The number of hydrogen-bond donors (Lipinski definition) is 2. The molecular formula is C34H65NO7Si2. The molecule has 0 saturated carbocycles. The Morgan fingerprint density at radius 1 is 0.909 bits per heavy atom. The molecule has 2 N–H and O–H groups in total. The molecule has 0 aliphatic carbocycles. The Morgan fingerprint density at radius 2 is 1.45 bits per heavy atom. The van der Waals surface area contributed by atoms with Gasteiger partial charge in [0, 0.05) is 31.4 Å². The summed E-state index contributed by atoms with van der Waals surface area (Å²) in [6.07, 6.45) is 4.61. The number of nitrogens with zero attached hydrogens (tertiary/aromatic N) is 1. The lowest BCUT2D eigenvalue weighted by Crippen LogP contribution is -2.56. The van der Waals surface area contributed by atoms with Gasteiger partial charge in [-0.1, -0.05) is 44.2 Å². The Bertz CT molecular complexity index is 920. The molecular weight excluding hydrogens is 591 g/mol. The third kappa shape index (κ3) is 14.4. The number of ether oxygens (including phenoxy) is 2. The predicted molar refractivity (Wildman–Crippen MR) is 184 cm³/mol. The summed E-state index contributed by atoms with van der Waals surface area (Å²) < 4.78 is 24.8. The lowest BCUT2D eigenvalue weighted by molar-refractivity contribution is -0.307. The topological polar surface area (TPSA) is 89.9 Å². The molecule has 0 amide bonds. The Balaban J connectivity index is 1.95. The van der Waals surface area contributed by atoms with Crippen molar-refractivity contribution in [2.75, 3.05) is 39.6 Å². The van der Waals surface area contributed by atoms with Crippen molar-refractivity contribution in [3.8, 4) is 0 Å². The van der Waals surface area contributed by atoms with Gasteiger partial charge in [0.25, 0.3) is 0 Å². The Kier molecular flexibility index (Phi) is 16.7. The summed E-state index contributed by atoms with van der Waals surface area (Å²) in [7, 11) is -3.83. The number of aliphatic hydroxyl groups is 2. The fourth-order valence-electron chi connectivity index (χ4n) is 5.58. The van der Waals surface area contributed by atoms with Crippen LogP contribution < -0.4 is 0 Å². The van der Waals surface area contributed by atoms with E-state index in [4.69, 9.17) is 23.2 Å². The van der Waals surface area contributed by atoms with Crippen molar-refractivity contribution in [3.63, 3.8) is 0 Å². The van der Waals surface area contributed by atoms with E-state index in [-0.39, 0.29) is 23.9 Å². The molecule has 10 heteroatoms. The molecule has 1 heterocycles. The summed E-state index contributed by atoms with van der Waals surface area (Å²) in [6, 6.07) is 12.5. The zero-order chi connectivity index (χ0) is 32.9. The number of benzene rings is 1. The maximum atomic E-state index is 9.73. The maximum absolute atomic E-state index is 9.73. The highest BCUT2D eigenvalue weighted by atomic mass is 28.4. The van der Waals surface area contributed by atoms with Crippen molar-refractivity contribution in [1.82, 2.24) is 5.06 Å². The van der Waals surface area contributed by atoms with E-state index >= 15 is 0 Å². The summed E-state index contributed by atoms with van der Waals surface area (Å²) in [5.74, 6) is 0. The maximum Gasteiger partial charge on any atom is 0.187 e. The molecule has 1 saturated heterocycles. The fourth-order valence-corrected chi connectivity index (χ4v) is 9.60. The molecule has 256 valence electrons. The molecule has 44 heavy (non-hydrogen) atoms. The minimum atomic E-state index is -1.97. The Morgan fingerprint density at radius 3 is 1.98 bits per heavy atom. The van der Waals surface area contributed by atoms with Gasteiger partial charge in [-0.15, -0.1) is 0 Å². The van der Waals surface area contributed by atoms with Crippen molar-refractivity contribution in [2.45, 2.75) is 141 Å². The molecule has 0 bridgehead atoms. The van der Waals surface area contributed by atoms with Crippen LogP contribution >= 0.6 is 0 Å². The van der Waals surface area contributed by atoms with E-state index in [2.05, 4.69) is 76.3 Å². The van der Waals surface area contributed by atoms with Crippen LogP contribution in [0.5, 0.6) is 0 Å². The molecule has 4 atom stereocenters. The second kappa shape index (κ2) is 18.6. The van der Waals surface area contributed by atoms with E-state index in [1.165, 1.54) is 0 Å². The van der Waals surface area contributed by atoms with Gasteiger partial charge < -0.3 is 28.5 Å². The first kappa shape index (κ1) is 39.5. The largest absolute Gasteiger partial charge is 0.414 e. The van der Waals surface area contributed by atoms with E-state index in [0.29, 0.717) is 39.5 Å². The summed E-state index contributed by atoms with van der Waals surface area (Å²) >= 11 is 0. The molecule has 0 spiro atoms. The molecule has 0 aromatic heterocycles. The first-order valence-corrected chi connectivity index (χ1v) is 23.2. The fraction of sp³-hybridized carbons (Fsp3) is 0.824. The van der Waals surface area contributed by atoms with Crippen molar-refractivity contribution < 1.29 is 33.4 Å². The van der Waals surface area contributed by atoms with E-state index in [9.17, 15) is 10.2 Å². The van der Waals surface area contributed by atoms with Crippen LogP contribution in [0.4, 0.5) is 0 Å². The van der Waals surface area contributed by atoms with E-state index in [1.807, 2.05) is 19.9 Å². The Hall–Kier alpha value is -0.666. The minimum absolute atomic E-state index is 0.198. The quantitative estimate of drug-likeness (QED) is 0.103. The van der Waals surface area contributed by atoms with Crippen LogP contribution in [-0.4, -0.2) is 95.3 Å². The SMILES string of the molecule is CCC(O)COCCC[Si](C)(C)OCC(C)(ON1CCC(O[Si](C)(C)CCCOCC(O)CC)CC1(C)C)c1ccccc1. The van der Waals surface area contributed by atoms with Gasteiger partial charge >= 0.3 is 0 Å². The normalized spacial score (nSPS) is 20.8. The third-order valence-electron chi connectivity index (χ3n) is 8.67. The second-order valence-corrected chi connectivity index (χ2v) is 23.2. The van der Waals surface area contributed by atoms with Gasteiger partial charge in [-0.05, 0) is 103 Å². The number of hydroxylamine groups is 2. The first-order chi connectivity index (χ1) is 20.6. The standard InChI is InChI=1S/C34H65NO7Si2/c1-10-30(36)26-38-21-15-23-43(6,7)40-28-34(5,29-17-13-12-14-18-29)42-35-20-19-32(25-33(35,3)4)41-44(8,9)24-16-22-39-27-31(37)11-2/h12-14,17-18,30-32,36-37H,10-11,15-16,19-28H2,1-9H3. The monoisotopic (exact) mass is 655 g/mol. The smallest absolute Gasteiger partial charge is 0.187 e. The van der Waals surface area contributed by atoms with Gasteiger partial charge in [-0.3, -0.25) is 4.84 Å². The lowest BCUT2D eigenvalue weighted by atomic mass is 9.90. The highest BCUT2D eigenvalue weighted by molar-refractivity contribution is 6.71. The van der Waals surface area contributed by atoms with Crippen molar-refractivity contribution in [3.05, 3.63) is 35.9 Å². The number of aliphatic hydroxyl groups excluding tert-OH is 2. The van der Waals surface area contributed by atoms with Gasteiger partial charge in [0.1, 0.15) is 5.60 Å². The van der Waals surface area contributed by atoms with E-state index < -0.39 is 22.2 Å². The highest BCUT2D eigenvalue weighted by Gasteiger charge is 2.43. The zero-order valence-corrected chi connectivity index (χ0v) is 31.4. The zero-order valence-electron chi connectivity index (χ0n) is 29.4. The van der Waals surface area contributed by atoms with Gasteiger partial charge in [0.2, 0.25) is 0 Å². The summed E-state index contributed by atoms with van der Waals surface area (Å²) in [5, 5.41) is 21.6. The Labute approximate surface area is 271 Å². The van der Waals surface area contributed by atoms with Gasteiger partial charge in [0.05, 0.1) is 32.0 Å². The second-order valence-electron chi connectivity index (χ2n) is 14.6. The molecule has 1 aliphatic heterocycles. The molecule has 0 radical (unpaired) electrons. The van der Waals surface area contributed by atoms with Crippen LogP contribution in [0, 0.1) is 0 Å². The van der Waals surface area contributed by atoms with Crippen molar-refractivity contribution in [2.24, 2.45) is 0 Å². The van der Waals surface area contributed by atoms with Crippen molar-refractivity contribution in [1.29, 1.82) is 0 Å². The molecule has 8 nitrogen and oxygen atoms in total. The third-order valence-corrected chi connectivity index (χ3v) is 13.7. The summed E-state index contributed by atoms with van der Waals surface area (Å²) in [6.45, 7) is 23.1.